The van der Waals surface area contributed by atoms with Crippen LogP contribution in [0.25, 0.3) is 0 Å². The third-order valence-corrected chi connectivity index (χ3v) is 3.78. The fourth-order valence-electron chi connectivity index (χ4n) is 1.77. The molecule has 2 rings (SSSR count). The molecule has 13 heavy (non-hydrogen) atoms. The highest BCUT2D eigenvalue weighted by Gasteiger charge is 2.27. The van der Waals surface area contributed by atoms with Crippen LogP contribution in [-0.4, -0.2) is 5.75 Å². The molecule has 0 bridgehead atoms. The van der Waals surface area contributed by atoms with Crippen LogP contribution in [0.1, 0.15) is 25.8 Å². The minimum Gasteiger partial charge on any atom is -0.399 e. The molecule has 0 fully saturated rings. The Morgan fingerprint density at radius 3 is 2.92 bits per heavy atom. The van der Waals surface area contributed by atoms with Crippen LogP contribution in [0.5, 0.6) is 0 Å². The van der Waals surface area contributed by atoms with E-state index in [4.69, 9.17) is 5.73 Å². The summed E-state index contributed by atoms with van der Waals surface area (Å²) in [6, 6.07) is 6.28. The first-order valence-electron chi connectivity index (χ1n) is 4.62. The van der Waals surface area contributed by atoms with Crippen molar-refractivity contribution in [3.05, 3.63) is 23.8 Å². The molecule has 0 saturated carbocycles. The zero-order chi connectivity index (χ0) is 9.47. The van der Waals surface area contributed by atoms with Gasteiger partial charge < -0.3 is 5.73 Å². The molecule has 1 aromatic rings. The summed E-state index contributed by atoms with van der Waals surface area (Å²) in [5.74, 6) is 1.21. The molecule has 0 aromatic heterocycles. The van der Waals surface area contributed by atoms with Crippen LogP contribution >= 0.6 is 11.8 Å². The van der Waals surface area contributed by atoms with Gasteiger partial charge in [0.05, 0.1) is 0 Å². The summed E-state index contributed by atoms with van der Waals surface area (Å²) in [5, 5.41) is 0. The van der Waals surface area contributed by atoms with Crippen molar-refractivity contribution in [2.45, 2.75) is 30.6 Å². The van der Waals surface area contributed by atoms with Gasteiger partial charge in [0, 0.05) is 10.6 Å². The lowest BCUT2D eigenvalue weighted by atomic mass is 9.82. The van der Waals surface area contributed by atoms with Gasteiger partial charge in [0.25, 0.3) is 0 Å². The van der Waals surface area contributed by atoms with E-state index in [-0.39, 0.29) is 0 Å². The van der Waals surface area contributed by atoms with Gasteiger partial charge in [0.2, 0.25) is 0 Å². The summed E-state index contributed by atoms with van der Waals surface area (Å²) in [7, 11) is 0. The molecule has 0 amide bonds. The lowest BCUT2D eigenvalue weighted by Crippen LogP contribution is -2.22. The molecule has 70 valence electrons. The van der Waals surface area contributed by atoms with Crippen molar-refractivity contribution in [2.24, 2.45) is 0 Å². The summed E-state index contributed by atoms with van der Waals surface area (Å²) in [5.41, 5.74) is 8.42. The lowest BCUT2D eigenvalue weighted by molar-refractivity contribution is 0.494. The van der Waals surface area contributed by atoms with Crippen molar-refractivity contribution in [1.29, 1.82) is 0 Å². The largest absolute Gasteiger partial charge is 0.399 e. The molecule has 2 heteroatoms. The highest BCUT2D eigenvalue weighted by atomic mass is 32.2. The maximum Gasteiger partial charge on any atom is 0.0325 e. The summed E-state index contributed by atoms with van der Waals surface area (Å²) < 4.78 is 0. The van der Waals surface area contributed by atoms with E-state index < -0.39 is 0 Å². The topological polar surface area (TPSA) is 26.0 Å². The van der Waals surface area contributed by atoms with E-state index in [1.807, 2.05) is 17.8 Å². The molecule has 1 aromatic carbocycles. The molecule has 0 atom stereocenters. The Labute approximate surface area is 83.7 Å². The summed E-state index contributed by atoms with van der Waals surface area (Å²) in [4.78, 5) is 1.37. The van der Waals surface area contributed by atoms with Gasteiger partial charge in [0.1, 0.15) is 0 Å². The normalized spacial score (nSPS) is 19.5. The number of nitrogen functional groups attached to an aromatic ring is 1. The van der Waals surface area contributed by atoms with Crippen LogP contribution in [0.15, 0.2) is 23.1 Å². The van der Waals surface area contributed by atoms with E-state index >= 15 is 0 Å². The molecular formula is C11H15NS. The van der Waals surface area contributed by atoms with E-state index in [0.29, 0.717) is 5.41 Å². The number of hydrogen-bond acceptors (Lipinski definition) is 2. The van der Waals surface area contributed by atoms with Gasteiger partial charge in [0.15, 0.2) is 0 Å². The van der Waals surface area contributed by atoms with Crippen LogP contribution in [0.3, 0.4) is 0 Å². The smallest absolute Gasteiger partial charge is 0.0325 e. The fraction of sp³-hybridized carbons (Fsp3) is 0.455. The predicted octanol–water partition coefficient (Wildman–Crippen LogP) is 3.04. The van der Waals surface area contributed by atoms with E-state index in [2.05, 4.69) is 26.0 Å². The summed E-state index contributed by atoms with van der Waals surface area (Å²) in [6.45, 7) is 4.61. The standard InChI is InChI=1S/C11H15NS/c1-11(2)5-6-13-10-7-8(12)3-4-9(10)11/h3-4,7H,5-6,12H2,1-2H3. The van der Waals surface area contributed by atoms with Gasteiger partial charge in [-0.15, -0.1) is 11.8 Å². The highest BCUT2D eigenvalue weighted by Crippen LogP contribution is 2.41. The van der Waals surface area contributed by atoms with Crippen LogP contribution in [-0.2, 0) is 5.41 Å². The molecule has 0 saturated heterocycles. The van der Waals surface area contributed by atoms with Crippen molar-refractivity contribution in [1.82, 2.24) is 0 Å². The Bertz CT molecular complexity index is 331. The molecule has 2 N–H and O–H groups in total. The van der Waals surface area contributed by atoms with Crippen LogP contribution in [0, 0.1) is 0 Å². The van der Waals surface area contributed by atoms with Crippen LogP contribution in [0.4, 0.5) is 5.69 Å². The van der Waals surface area contributed by atoms with Crippen molar-refractivity contribution >= 4 is 17.4 Å². The number of benzene rings is 1. The number of rotatable bonds is 0. The number of hydrogen-bond donors (Lipinski definition) is 1. The van der Waals surface area contributed by atoms with Crippen LogP contribution in [0.2, 0.25) is 0 Å². The molecule has 1 heterocycles. The second-order valence-electron chi connectivity index (χ2n) is 4.24. The number of fused-ring (bicyclic) bond motifs is 1. The number of nitrogens with two attached hydrogens (primary N) is 1. The zero-order valence-corrected chi connectivity index (χ0v) is 8.95. The Balaban J connectivity index is 2.53. The Morgan fingerprint density at radius 1 is 1.38 bits per heavy atom. The molecular weight excluding hydrogens is 178 g/mol. The van der Waals surface area contributed by atoms with E-state index in [9.17, 15) is 0 Å². The van der Waals surface area contributed by atoms with Crippen LogP contribution < -0.4 is 5.73 Å². The Hall–Kier alpha value is -0.630. The zero-order valence-electron chi connectivity index (χ0n) is 8.13. The third-order valence-electron chi connectivity index (χ3n) is 2.72. The Morgan fingerprint density at radius 2 is 2.15 bits per heavy atom. The summed E-state index contributed by atoms with van der Waals surface area (Å²) in [6.07, 6.45) is 1.26. The van der Waals surface area contributed by atoms with Crippen molar-refractivity contribution in [3.63, 3.8) is 0 Å². The monoisotopic (exact) mass is 193 g/mol. The first-order chi connectivity index (χ1) is 6.09. The second-order valence-corrected chi connectivity index (χ2v) is 5.37. The molecule has 0 aliphatic carbocycles. The third kappa shape index (κ3) is 1.55. The number of anilines is 1. The predicted molar refractivity (Wildman–Crippen MR) is 59.2 cm³/mol. The van der Waals surface area contributed by atoms with Gasteiger partial charge in [-0.25, -0.2) is 0 Å². The van der Waals surface area contributed by atoms with Crippen molar-refractivity contribution in [3.8, 4) is 0 Å². The van der Waals surface area contributed by atoms with E-state index in [1.165, 1.54) is 22.6 Å². The molecule has 0 unspecified atom stereocenters. The second kappa shape index (κ2) is 2.95. The maximum atomic E-state index is 5.76. The minimum atomic E-state index is 0.328. The van der Waals surface area contributed by atoms with Crippen molar-refractivity contribution < 1.29 is 0 Å². The minimum absolute atomic E-state index is 0.328. The quantitative estimate of drug-likeness (QED) is 0.641. The molecule has 1 nitrogen and oxygen atoms in total. The first kappa shape index (κ1) is 8.95. The lowest BCUT2D eigenvalue weighted by Gasteiger charge is -2.32. The maximum absolute atomic E-state index is 5.76. The average molecular weight is 193 g/mol. The van der Waals surface area contributed by atoms with E-state index in [1.54, 1.807) is 0 Å². The molecule has 0 radical (unpaired) electrons. The van der Waals surface area contributed by atoms with Gasteiger partial charge in [-0.3, -0.25) is 0 Å². The van der Waals surface area contributed by atoms with E-state index in [0.717, 1.165) is 5.69 Å². The van der Waals surface area contributed by atoms with Gasteiger partial charge in [-0.1, -0.05) is 19.9 Å². The van der Waals surface area contributed by atoms with Gasteiger partial charge >= 0.3 is 0 Å². The fourth-order valence-corrected chi connectivity index (χ4v) is 3.32. The first-order valence-corrected chi connectivity index (χ1v) is 5.61. The van der Waals surface area contributed by atoms with Gasteiger partial charge in [-0.2, -0.15) is 0 Å². The molecule has 1 aliphatic heterocycles. The summed E-state index contributed by atoms with van der Waals surface area (Å²) >= 11 is 1.93. The molecule has 1 aliphatic rings. The Kier molecular flexibility index (Phi) is 2.03. The highest BCUT2D eigenvalue weighted by molar-refractivity contribution is 7.99. The average Bonchev–Trinajstić information content (AvgIpc) is 2.02. The van der Waals surface area contributed by atoms with Gasteiger partial charge in [-0.05, 0) is 35.3 Å². The molecule has 0 spiro atoms. The number of thioether (sulfide) groups is 1. The SMILES string of the molecule is CC1(C)CCSc2cc(N)ccc21. The van der Waals surface area contributed by atoms with Crippen molar-refractivity contribution in [2.75, 3.05) is 11.5 Å².